The van der Waals surface area contributed by atoms with E-state index in [0.29, 0.717) is 17.5 Å². The van der Waals surface area contributed by atoms with E-state index in [4.69, 9.17) is 0 Å². The quantitative estimate of drug-likeness (QED) is 0.355. The molecule has 184 valence electrons. The van der Waals surface area contributed by atoms with E-state index in [1.165, 1.54) is 37.3 Å². The Labute approximate surface area is 199 Å². The summed E-state index contributed by atoms with van der Waals surface area (Å²) in [6, 6.07) is 3.13. The molecule has 10 heteroatoms. The Kier molecular flexibility index (Phi) is 7.42. The van der Waals surface area contributed by atoms with Crippen LogP contribution in [0.5, 0.6) is 0 Å². The Bertz CT molecular complexity index is 1260. The zero-order valence-corrected chi connectivity index (χ0v) is 19.2. The Hall–Kier alpha value is -3.95. The van der Waals surface area contributed by atoms with Crippen molar-refractivity contribution in [3.8, 4) is 0 Å². The van der Waals surface area contributed by atoms with Crippen molar-refractivity contribution in [3.63, 3.8) is 0 Å². The second-order valence-corrected chi connectivity index (χ2v) is 7.69. The van der Waals surface area contributed by atoms with Gasteiger partial charge in [0.15, 0.2) is 11.6 Å². The van der Waals surface area contributed by atoms with Gasteiger partial charge in [0, 0.05) is 48.9 Å². The summed E-state index contributed by atoms with van der Waals surface area (Å²) in [5.74, 6) is -1.73. The van der Waals surface area contributed by atoms with E-state index < -0.39 is 23.4 Å². The summed E-state index contributed by atoms with van der Waals surface area (Å²) in [6.07, 6.45) is 1.99. The number of halogens is 5. The lowest BCUT2D eigenvalue weighted by molar-refractivity contribution is -0.137. The van der Waals surface area contributed by atoms with E-state index in [1.54, 1.807) is 13.0 Å². The highest BCUT2D eigenvalue weighted by Gasteiger charge is 2.31. The minimum absolute atomic E-state index is 0.110. The molecule has 0 atom stereocenters. The highest BCUT2D eigenvalue weighted by atomic mass is 19.4. The maximum absolute atomic E-state index is 15.4. The molecule has 0 saturated carbocycles. The zero-order valence-electron chi connectivity index (χ0n) is 19.2. The highest BCUT2D eigenvalue weighted by Crippen LogP contribution is 2.34. The predicted molar refractivity (Wildman–Crippen MR) is 125 cm³/mol. The van der Waals surface area contributed by atoms with Gasteiger partial charge < -0.3 is 15.5 Å². The first-order chi connectivity index (χ1) is 16.5. The molecule has 0 radical (unpaired) electrons. The van der Waals surface area contributed by atoms with Crippen LogP contribution >= 0.6 is 0 Å². The molecule has 0 aliphatic carbocycles. The monoisotopic (exact) mass is 490 g/mol. The van der Waals surface area contributed by atoms with Crippen LogP contribution in [0.1, 0.15) is 30.5 Å². The van der Waals surface area contributed by atoms with E-state index in [-0.39, 0.29) is 40.5 Å². The van der Waals surface area contributed by atoms with E-state index >= 15 is 4.39 Å². The molecule has 0 saturated heterocycles. The third-order valence-electron chi connectivity index (χ3n) is 5.47. The van der Waals surface area contributed by atoms with Crippen LogP contribution in [0.25, 0.3) is 5.57 Å². The number of carbonyl (C=O) groups excluding carboxylic acids is 1. The Morgan fingerprint density at radius 1 is 1.20 bits per heavy atom. The van der Waals surface area contributed by atoms with Crippen LogP contribution in [0.2, 0.25) is 0 Å². The van der Waals surface area contributed by atoms with Gasteiger partial charge in [0.2, 0.25) is 0 Å². The number of aromatic nitrogens is 1. The number of hydrogen-bond donors (Lipinski definition) is 2. The fraction of sp³-hybridized carbons (Fsp3) is 0.200. The fourth-order valence-electron chi connectivity index (χ4n) is 3.48. The lowest BCUT2D eigenvalue weighted by Crippen LogP contribution is -2.16. The van der Waals surface area contributed by atoms with Crippen molar-refractivity contribution in [2.75, 3.05) is 17.7 Å². The average molecular weight is 490 g/mol. The van der Waals surface area contributed by atoms with Crippen molar-refractivity contribution in [2.24, 2.45) is 0 Å². The summed E-state index contributed by atoms with van der Waals surface area (Å²) in [4.78, 5) is 17.0. The van der Waals surface area contributed by atoms with Gasteiger partial charge >= 0.3 is 6.18 Å². The number of Topliss-reactive ketones (excluding diaryl/α,β-unsaturated/α-hetero) is 1. The third-order valence-corrected chi connectivity index (χ3v) is 5.47. The average Bonchev–Trinajstić information content (AvgIpc) is 2.82. The summed E-state index contributed by atoms with van der Waals surface area (Å²) in [7, 11) is 1.50. The second kappa shape index (κ2) is 10.1. The third kappa shape index (κ3) is 5.42. The number of nitrogens with zero attached hydrogens (tertiary/aromatic N) is 2. The van der Waals surface area contributed by atoms with Gasteiger partial charge in [0.1, 0.15) is 11.6 Å². The first-order valence-corrected chi connectivity index (χ1v) is 10.5. The van der Waals surface area contributed by atoms with Crippen molar-refractivity contribution < 1.29 is 26.7 Å². The van der Waals surface area contributed by atoms with Gasteiger partial charge in [-0.2, -0.15) is 13.2 Å². The summed E-state index contributed by atoms with van der Waals surface area (Å²) in [6.45, 7) is 6.52. The lowest BCUT2D eigenvalue weighted by atomic mass is 9.99. The van der Waals surface area contributed by atoms with Crippen LogP contribution in [0.3, 0.4) is 0 Å². The van der Waals surface area contributed by atoms with Gasteiger partial charge in [-0.3, -0.25) is 4.79 Å². The number of nitrogens with one attached hydrogen (secondary N) is 2. The highest BCUT2D eigenvalue weighted by molar-refractivity contribution is 5.94. The maximum atomic E-state index is 15.4. The molecule has 0 bridgehead atoms. The van der Waals surface area contributed by atoms with Crippen LogP contribution in [0.4, 0.5) is 33.5 Å². The van der Waals surface area contributed by atoms with Crippen molar-refractivity contribution in [1.29, 1.82) is 0 Å². The maximum Gasteiger partial charge on any atom is 0.417 e. The Morgan fingerprint density at radius 2 is 1.91 bits per heavy atom. The number of rotatable bonds is 7. The summed E-state index contributed by atoms with van der Waals surface area (Å²) >= 11 is 0. The largest absolute Gasteiger partial charge is 0.417 e. The van der Waals surface area contributed by atoms with E-state index in [9.17, 15) is 22.4 Å². The second-order valence-electron chi connectivity index (χ2n) is 7.69. The first kappa shape index (κ1) is 25.7. The normalized spacial score (nSPS) is 15.0. The molecule has 2 heterocycles. The molecule has 2 N–H and O–H groups in total. The lowest BCUT2D eigenvalue weighted by Gasteiger charge is -2.24. The molecular weight excluding hydrogens is 467 g/mol. The van der Waals surface area contributed by atoms with Gasteiger partial charge in [-0.1, -0.05) is 12.7 Å². The fourth-order valence-corrected chi connectivity index (χ4v) is 3.48. The number of benzene rings is 1. The number of anilines is 2. The molecule has 1 aliphatic rings. The minimum Gasteiger partial charge on any atom is -0.378 e. The molecule has 1 aliphatic heterocycles. The van der Waals surface area contributed by atoms with Gasteiger partial charge in [-0.25, -0.2) is 13.8 Å². The predicted octanol–water partition coefficient (Wildman–Crippen LogP) is 6.25. The van der Waals surface area contributed by atoms with Crippen molar-refractivity contribution >= 4 is 22.9 Å². The SMILES string of the molecule is C=CN1C=C(c2c(F)ccc(NCc3cc(C(F)(F)F)cnc3NC)c2F)C=C/C1=C(/C)C(C)=O. The summed E-state index contributed by atoms with van der Waals surface area (Å²) < 4.78 is 69.4. The van der Waals surface area contributed by atoms with Gasteiger partial charge in [-0.05, 0) is 38.1 Å². The smallest absolute Gasteiger partial charge is 0.378 e. The Balaban J connectivity index is 1.96. The van der Waals surface area contributed by atoms with Crippen LogP contribution in [-0.4, -0.2) is 22.7 Å². The molecule has 5 nitrogen and oxygen atoms in total. The molecule has 0 amide bonds. The molecular formula is C25H23F5N4O. The standard InChI is InChI=1S/C25H23F5N4O/c1-5-34-13-16(6-9-21(34)14(2)15(3)35)22-19(26)7-8-20(23(22)27)32-11-17-10-18(25(28,29)30)12-33-24(17)31-4/h5-10,12-13,32H,1,11H2,2-4H3,(H,31,33)/b21-14+. The van der Waals surface area contributed by atoms with Gasteiger partial charge in [0.05, 0.1) is 22.5 Å². The molecule has 1 aromatic carbocycles. The molecule has 1 aromatic heterocycles. The zero-order chi connectivity index (χ0) is 25.9. The number of alkyl halides is 3. The van der Waals surface area contributed by atoms with Crippen LogP contribution < -0.4 is 10.6 Å². The molecule has 2 aromatic rings. The molecule has 3 rings (SSSR count). The molecule has 0 spiro atoms. The number of allylic oxidation sites excluding steroid dienone is 4. The van der Waals surface area contributed by atoms with Crippen molar-refractivity contribution in [3.05, 3.63) is 95.1 Å². The molecule has 0 unspecified atom stereocenters. The van der Waals surface area contributed by atoms with Crippen molar-refractivity contribution in [2.45, 2.75) is 26.6 Å². The van der Waals surface area contributed by atoms with Gasteiger partial charge in [-0.15, -0.1) is 0 Å². The van der Waals surface area contributed by atoms with E-state index in [2.05, 4.69) is 22.2 Å². The topological polar surface area (TPSA) is 57.3 Å². The van der Waals surface area contributed by atoms with Crippen LogP contribution in [-0.2, 0) is 17.5 Å². The van der Waals surface area contributed by atoms with E-state index in [1.807, 2.05) is 0 Å². The van der Waals surface area contributed by atoms with E-state index in [0.717, 1.165) is 18.2 Å². The number of ketones is 1. The van der Waals surface area contributed by atoms with Crippen molar-refractivity contribution in [1.82, 2.24) is 9.88 Å². The molecule has 35 heavy (non-hydrogen) atoms. The number of carbonyl (C=O) groups is 1. The minimum atomic E-state index is -4.59. The number of hydrogen-bond acceptors (Lipinski definition) is 5. The van der Waals surface area contributed by atoms with Crippen LogP contribution in [0, 0.1) is 11.6 Å². The summed E-state index contributed by atoms with van der Waals surface area (Å²) in [5, 5.41) is 5.42. The van der Waals surface area contributed by atoms with Gasteiger partial charge in [0.25, 0.3) is 0 Å². The number of pyridine rings is 1. The Morgan fingerprint density at radius 3 is 2.51 bits per heavy atom. The first-order valence-electron chi connectivity index (χ1n) is 10.5. The molecule has 0 fully saturated rings. The van der Waals surface area contributed by atoms with Crippen LogP contribution in [0.15, 0.2) is 66.8 Å². The summed E-state index contributed by atoms with van der Waals surface area (Å²) in [5.41, 5.74) is -0.0988.